The van der Waals surface area contributed by atoms with Gasteiger partial charge < -0.3 is 14.8 Å². The molecular formula is C23H26N4O3. The number of rotatable bonds is 9. The van der Waals surface area contributed by atoms with Crippen LogP contribution in [0.3, 0.4) is 0 Å². The molecular weight excluding hydrogens is 380 g/mol. The van der Waals surface area contributed by atoms with Crippen LogP contribution in [0.2, 0.25) is 0 Å². The second-order valence-electron chi connectivity index (χ2n) is 6.80. The van der Waals surface area contributed by atoms with Crippen LogP contribution in [0, 0.1) is 5.41 Å². The fourth-order valence-electron chi connectivity index (χ4n) is 2.90. The molecule has 1 amide bonds. The Kier molecular flexibility index (Phi) is 7.34. The number of carbonyl (C=O) groups is 1. The minimum atomic E-state index is -0.101. The third kappa shape index (κ3) is 5.55. The third-order valence-corrected chi connectivity index (χ3v) is 4.66. The number of anilines is 1. The first-order valence-corrected chi connectivity index (χ1v) is 9.91. The number of hydrogen-bond acceptors (Lipinski definition) is 5. The Labute approximate surface area is 175 Å². The van der Waals surface area contributed by atoms with E-state index in [2.05, 4.69) is 17.6 Å². The molecule has 30 heavy (non-hydrogen) atoms. The molecule has 1 unspecified atom stereocenters. The van der Waals surface area contributed by atoms with Crippen LogP contribution < -0.4 is 15.4 Å². The second kappa shape index (κ2) is 10.4. The molecule has 0 radical (unpaired) electrons. The van der Waals surface area contributed by atoms with Crippen LogP contribution >= 0.6 is 0 Å². The molecule has 1 atom stereocenters. The highest BCUT2D eigenvalue weighted by Crippen LogP contribution is 2.29. The molecule has 0 fully saturated rings. The Morgan fingerprint density at radius 1 is 1.17 bits per heavy atom. The quantitative estimate of drug-likeness (QED) is 0.214. The standard InChI is InChI=1S/C23H26N4O3/c1-3-16(2)29-12-13-30-18-10-8-17(9-11-18)21-14-22(27-23(24)25-15-28)19-6-4-5-7-20(19)26-21/h4-11,14-16H,3,12-13H2,1-2H3,(H3,24,25,26,27,28). The molecule has 7 heteroatoms. The van der Waals surface area contributed by atoms with Crippen LogP contribution in [0.25, 0.3) is 22.2 Å². The van der Waals surface area contributed by atoms with Crippen molar-refractivity contribution in [2.24, 2.45) is 0 Å². The van der Waals surface area contributed by atoms with Crippen LogP contribution in [0.4, 0.5) is 5.69 Å². The predicted molar refractivity (Wildman–Crippen MR) is 119 cm³/mol. The summed E-state index contributed by atoms with van der Waals surface area (Å²) in [6, 6.07) is 17.2. The summed E-state index contributed by atoms with van der Waals surface area (Å²) < 4.78 is 11.4. The highest BCUT2D eigenvalue weighted by Gasteiger charge is 2.09. The summed E-state index contributed by atoms with van der Waals surface area (Å²) in [6.45, 7) is 5.19. The van der Waals surface area contributed by atoms with Gasteiger partial charge in [-0.15, -0.1) is 0 Å². The van der Waals surface area contributed by atoms with Gasteiger partial charge in [0, 0.05) is 10.9 Å². The fourth-order valence-corrected chi connectivity index (χ4v) is 2.90. The Morgan fingerprint density at radius 3 is 2.67 bits per heavy atom. The number of benzene rings is 2. The van der Waals surface area contributed by atoms with Crippen molar-refractivity contribution < 1.29 is 14.3 Å². The summed E-state index contributed by atoms with van der Waals surface area (Å²) in [5.41, 5.74) is 3.15. The molecule has 1 aromatic heterocycles. The smallest absolute Gasteiger partial charge is 0.213 e. The Balaban J connectivity index is 1.77. The van der Waals surface area contributed by atoms with E-state index in [1.807, 2.05) is 61.5 Å². The molecule has 0 aliphatic heterocycles. The van der Waals surface area contributed by atoms with Gasteiger partial charge in [0.25, 0.3) is 0 Å². The summed E-state index contributed by atoms with van der Waals surface area (Å²) in [4.78, 5) is 15.3. The number of para-hydroxylation sites is 1. The van der Waals surface area contributed by atoms with E-state index in [1.165, 1.54) is 0 Å². The molecule has 2 aromatic carbocycles. The zero-order chi connectivity index (χ0) is 21.3. The van der Waals surface area contributed by atoms with Gasteiger partial charge in [0.05, 0.1) is 29.6 Å². The van der Waals surface area contributed by atoms with E-state index >= 15 is 0 Å². The summed E-state index contributed by atoms with van der Waals surface area (Å²) in [5.74, 6) is 0.665. The molecule has 3 N–H and O–H groups in total. The SMILES string of the molecule is CCC(C)OCCOc1ccc(-c2cc(NC(=N)NC=O)c3ccccc3n2)cc1. The summed E-state index contributed by atoms with van der Waals surface area (Å²) in [5, 5.41) is 13.9. The normalized spacial score (nSPS) is 11.7. The van der Waals surface area contributed by atoms with E-state index in [-0.39, 0.29) is 12.1 Å². The number of amides is 1. The molecule has 0 spiro atoms. The number of carbonyl (C=O) groups excluding carboxylic acids is 1. The number of nitrogens with zero attached hydrogens (tertiary/aromatic N) is 1. The zero-order valence-corrected chi connectivity index (χ0v) is 17.1. The Bertz CT molecular complexity index is 1010. The van der Waals surface area contributed by atoms with E-state index in [0.717, 1.165) is 34.3 Å². The van der Waals surface area contributed by atoms with Crippen molar-refractivity contribution in [3.8, 4) is 17.0 Å². The molecule has 0 saturated heterocycles. The summed E-state index contributed by atoms with van der Waals surface area (Å²) in [7, 11) is 0. The van der Waals surface area contributed by atoms with E-state index in [4.69, 9.17) is 19.9 Å². The molecule has 0 aliphatic carbocycles. The number of hydrogen-bond donors (Lipinski definition) is 3. The monoisotopic (exact) mass is 406 g/mol. The van der Waals surface area contributed by atoms with Crippen molar-refractivity contribution in [1.82, 2.24) is 10.3 Å². The number of guanidine groups is 1. The highest BCUT2D eigenvalue weighted by atomic mass is 16.5. The number of nitrogens with one attached hydrogen (secondary N) is 3. The lowest BCUT2D eigenvalue weighted by atomic mass is 10.1. The van der Waals surface area contributed by atoms with Gasteiger partial charge in [-0.3, -0.25) is 15.5 Å². The second-order valence-corrected chi connectivity index (χ2v) is 6.80. The lowest BCUT2D eigenvalue weighted by molar-refractivity contribution is -0.108. The molecule has 0 bridgehead atoms. The van der Waals surface area contributed by atoms with Crippen LogP contribution in [-0.2, 0) is 9.53 Å². The molecule has 1 heterocycles. The maximum absolute atomic E-state index is 10.6. The Morgan fingerprint density at radius 2 is 1.93 bits per heavy atom. The van der Waals surface area contributed by atoms with Gasteiger partial charge in [0.15, 0.2) is 5.96 Å². The van der Waals surface area contributed by atoms with Crippen LogP contribution in [-0.4, -0.2) is 36.7 Å². The summed E-state index contributed by atoms with van der Waals surface area (Å²) >= 11 is 0. The predicted octanol–water partition coefficient (Wildman–Crippen LogP) is 4.19. The van der Waals surface area contributed by atoms with Gasteiger partial charge in [0.1, 0.15) is 12.4 Å². The van der Waals surface area contributed by atoms with E-state index in [9.17, 15) is 4.79 Å². The number of pyridine rings is 1. The van der Waals surface area contributed by atoms with Gasteiger partial charge in [-0.1, -0.05) is 25.1 Å². The van der Waals surface area contributed by atoms with Crippen molar-refractivity contribution in [3.63, 3.8) is 0 Å². The minimum absolute atomic E-state index is 0.101. The van der Waals surface area contributed by atoms with Crippen molar-refractivity contribution in [3.05, 3.63) is 54.6 Å². The molecule has 0 saturated carbocycles. The number of ether oxygens (including phenoxy) is 2. The van der Waals surface area contributed by atoms with Crippen molar-refractivity contribution in [2.45, 2.75) is 26.4 Å². The van der Waals surface area contributed by atoms with Crippen molar-refractivity contribution >= 4 is 29.0 Å². The molecule has 7 nitrogen and oxygen atoms in total. The van der Waals surface area contributed by atoms with Gasteiger partial charge in [0.2, 0.25) is 6.41 Å². The van der Waals surface area contributed by atoms with Crippen molar-refractivity contribution in [2.75, 3.05) is 18.5 Å². The Hall–Kier alpha value is -3.45. The number of aromatic nitrogens is 1. The maximum atomic E-state index is 10.6. The number of fused-ring (bicyclic) bond motifs is 1. The first-order valence-electron chi connectivity index (χ1n) is 9.91. The van der Waals surface area contributed by atoms with Crippen molar-refractivity contribution in [1.29, 1.82) is 5.41 Å². The molecule has 3 rings (SSSR count). The van der Waals surface area contributed by atoms with Gasteiger partial charge in [-0.25, -0.2) is 4.98 Å². The van der Waals surface area contributed by atoms with Gasteiger partial charge >= 0.3 is 0 Å². The zero-order valence-electron chi connectivity index (χ0n) is 17.1. The van der Waals surface area contributed by atoms with Crippen LogP contribution in [0.15, 0.2) is 54.6 Å². The maximum Gasteiger partial charge on any atom is 0.213 e. The highest BCUT2D eigenvalue weighted by molar-refractivity contribution is 6.04. The summed E-state index contributed by atoms with van der Waals surface area (Å²) in [6.07, 6.45) is 1.68. The molecule has 3 aromatic rings. The lowest BCUT2D eigenvalue weighted by Gasteiger charge is -2.13. The van der Waals surface area contributed by atoms with E-state index in [0.29, 0.717) is 25.3 Å². The van der Waals surface area contributed by atoms with Crippen LogP contribution in [0.1, 0.15) is 20.3 Å². The van der Waals surface area contributed by atoms with E-state index < -0.39 is 0 Å². The average molecular weight is 406 g/mol. The topological polar surface area (TPSA) is 96.3 Å². The average Bonchev–Trinajstić information content (AvgIpc) is 2.77. The minimum Gasteiger partial charge on any atom is -0.491 e. The van der Waals surface area contributed by atoms with Crippen LogP contribution in [0.5, 0.6) is 5.75 Å². The third-order valence-electron chi connectivity index (χ3n) is 4.66. The first-order chi connectivity index (χ1) is 14.6. The fraction of sp³-hybridized carbons (Fsp3) is 0.261. The van der Waals surface area contributed by atoms with E-state index in [1.54, 1.807) is 0 Å². The lowest BCUT2D eigenvalue weighted by Crippen LogP contribution is -2.28. The molecule has 156 valence electrons. The molecule has 0 aliphatic rings. The first kappa shape index (κ1) is 21.3. The van der Waals surface area contributed by atoms with Gasteiger partial charge in [-0.05, 0) is 49.7 Å². The largest absolute Gasteiger partial charge is 0.491 e. The van der Waals surface area contributed by atoms with Gasteiger partial charge in [-0.2, -0.15) is 0 Å².